The van der Waals surface area contributed by atoms with E-state index in [9.17, 15) is 9.59 Å². The molecule has 1 saturated heterocycles. The SMILES string of the molecule is COc1cc([C@H]2c3ccccc3C(=O)N3C[C@H](Cc4ccccc4)N(C(C)=O)C[C@H]23)cc2c1OCO2. The van der Waals surface area contributed by atoms with Crippen LogP contribution in [0.2, 0.25) is 0 Å². The van der Waals surface area contributed by atoms with Gasteiger partial charge >= 0.3 is 0 Å². The minimum absolute atomic E-state index is 0.0147. The summed E-state index contributed by atoms with van der Waals surface area (Å²) in [7, 11) is 1.61. The average Bonchev–Trinajstić information content (AvgIpc) is 3.38. The lowest BCUT2D eigenvalue weighted by atomic mass is 9.76. The van der Waals surface area contributed by atoms with Gasteiger partial charge < -0.3 is 24.0 Å². The van der Waals surface area contributed by atoms with Gasteiger partial charge in [-0.25, -0.2) is 0 Å². The van der Waals surface area contributed by atoms with Crippen LogP contribution in [-0.2, 0) is 11.2 Å². The molecule has 0 N–H and O–H groups in total. The Morgan fingerprint density at radius 2 is 1.81 bits per heavy atom. The molecule has 0 saturated carbocycles. The fourth-order valence-electron chi connectivity index (χ4n) is 5.93. The van der Waals surface area contributed by atoms with Crippen molar-refractivity contribution in [3.05, 3.63) is 89.0 Å². The summed E-state index contributed by atoms with van der Waals surface area (Å²) < 4.78 is 16.9. The number of nitrogens with zero attached hydrogens (tertiary/aromatic N) is 2. The Morgan fingerprint density at radius 1 is 1.03 bits per heavy atom. The van der Waals surface area contributed by atoms with E-state index in [1.54, 1.807) is 14.0 Å². The number of carbonyl (C=O) groups is 2. The first-order valence-electron chi connectivity index (χ1n) is 12.2. The second-order valence-electron chi connectivity index (χ2n) is 9.56. The summed E-state index contributed by atoms with van der Waals surface area (Å²) in [6, 6.07) is 21.5. The Balaban J connectivity index is 1.44. The topological polar surface area (TPSA) is 68.3 Å². The maximum absolute atomic E-state index is 13.8. The van der Waals surface area contributed by atoms with Crippen molar-refractivity contribution >= 4 is 11.8 Å². The first-order chi connectivity index (χ1) is 17.5. The minimum Gasteiger partial charge on any atom is -0.493 e. The standard InChI is InChI=1S/C29H28N2O5/c1-18(32)30-16-24-27(20-13-25(34-2)28-26(14-20)35-17-36-28)22-10-6-7-11-23(22)29(33)31(24)15-21(30)12-19-8-4-3-5-9-19/h3-11,13-14,21,24,27H,12,15-17H2,1-2H3/t21-,24+,27-/m0/s1. The van der Waals surface area contributed by atoms with Crippen LogP contribution in [0.25, 0.3) is 0 Å². The maximum Gasteiger partial charge on any atom is 0.254 e. The second kappa shape index (κ2) is 8.90. The molecule has 6 rings (SSSR count). The first-order valence-corrected chi connectivity index (χ1v) is 12.2. The van der Waals surface area contributed by atoms with E-state index >= 15 is 0 Å². The van der Waals surface area contributed by atoms with Gasteiger partial charge in [-0.15, -0.1) is 0 Å². The van der Waals surface area contributed by atoms with Crippen LogP contribution in [0.5, 0.6) is 17.2 Å². The van der Waals surface area contributed by atoms with Crippen molar-refractivity contribution in [1.29, 1.82) is 0 Å². The fraction of sp³-hybridized carbons (Fsp3) is 0.310. The molecule has 7 nitrogen and oxygen atoms in total. The Hall–Kier alpha value is -4.00. The predicted octanol–water partition coefficient (Wildman–Crippen LogP) is 3.85. The van der Waals surface area contributed by atoms with E-state index in [0.29, 0.717) is 42.3 Å². The molecule has 7 heteroatoms. The molecular weight excluding hydrogens is 456 g/mol. The summed E-state index contributed by atoms with van der Waals surface area (Å²) in [6.07, 6.45) is 0.696. The van der Waals surface area contributed by atoms with Crippen molar-refractivity contribution in [1.82, 2.24) is 9.80 Å². The number of fused-ring (bicyclic) bond motifs is 3. The Kier molecular flexibility index (Phi) is 5.55. The highest BCUT2D eigenvalue weighted by Gasteiger charge is 2.47. The molecule has 0 aromatic heterocycles. The number of hydrogen-bond acceptors (Lipinski definition) is 5. The monoisotopic (exact) mass is 484 g/mol. The van der Waals surface area contributed by atoms with Crippen molar-refractivity contribution in [2.75, 3.05) is 27.0 Å². The van der Waals surface area contributed by atoms with Gasteiger partial charge in [0.15, 0.2) is 11.5 Å². The van der Waals surface area contributed by atoms with Crippen LogP contribution in [0.1, 0.15) is 39.9 Å². The lowest BCUT2D eigenvalue weighted by Gasteiger charge is -2.51. The third-order valence-electron chi connectivity index (χ3n) is 7.56. The molecule has 3 atom stereocenters. The van der Waals surface area contributed by atoms with E-state index in [1.807, 2.05) is 64.4 Å². The molecule has 0 bridgehead atoms. The fourth-order valence-corrected chi connectivity index (χ4v) is 5.93. The Labute approximate surface area is 210 Å². The molecule has 36 heavy (non-hydrogen) atoms. The molecule has 3 aliphatic heterocycles. The number of ether oxygens (including phenoxy) is 3. The molecule has 3 aromatic carbocycles. The van der Waals surface area contributed by atoms with E-state index in [0.717, 1.165) is 16.7 Å². The van der Waals surface area contributed by atoms with E-state index in [1.165, 1.54) is 0 Å². The molecule has 3 aromatic rings. The lowest BCUT2D eigenvalue weighted by molar-refractivity contribution is -0.135. The van der Waals surface area contributed by atoms with Crippen molar-refractivity contribution < 1.29 is 23.8 Å². The molecule has 0 radical (unpaired) electrons. The quantitative estimate of drug-likeness (QED) is 0.563. The molecule has 1 fully saturated rings. The number of carbonyl (C=O) groups excluding carboxylic acids is 2. The van der Waals surface area contributed by atoms with Gasteiger partial charge in [0.2, 0.25) is 18.4 Å². The summed E-state index contributed by atoms with van der Waals surface area (Å²) in [5, 5.41) is 0. The van der Waals surface area contributed by atoms with E-state index in [-0.39, 0.29) is 36.6 Å². The van der Waals surface area contributed by atoms with Crippen molar-refractivity contribution in [3.63, 3.8) is 0 Å². The van der Waals surface area contributed by atoms with Crippen LogP contribution in [0.4, 0.5) is 0 Å². The van der Waals surface area contributed by atoms with Crippen molar-refractivity contribution in [2.24, 2.45) is 0 Å². The third-order valence-corrected chi connectivity index (χ3v) is 7.56. The molecule has 3 aliphatic rings. The number of rotatable bonds is 4. The normalized spacial score (nSPS) is 22.2. The smallest absolute Gasteiger partial charge is 0.254 e. The van der Waals surface area contributed by atoms with Crippen molar-refractivity contribution in [2.45, 2.75) is 31.3 Å². The van der Waals surface area contributed by atoms with Gasteiger partial charge in [0, 0.05) is 31.5 Å². The van der Waals surface area contributed by atoms with Crippen LogP contribution < -0.4 is 14.2 Å². The predicted molar refractivity (Wildman–Crippen MR) is 134 cm³/mol. The summed E-state index contributed by atoms with van der Waals surface area (Å²) >= 11 is 0. The number of amides is 2. The lowest BCUT2D eigenvalue weighted by Crippen LogP contribution is -2.64. The van der Waals surface area contributed by atoms with Gasteiger partial charge in [-0.2, -0.15) is 0 Å². The second-order valence-corrected chi connectivity index (χ2v) is 9.56. The largest absolute Gasteiger partial charge is 0.493 e. The van der Waals surface area contributed by atoms with Gasteiger partial charge in [0.25, 0.3) is 5.91 Å². The molecule has 2 amide bonds. The van der Waals surface area contributed by atoms with Crippen LogP contribution >= 0.6 is 0 Å². The molecule has 3 heterocycles. The minimum atomic E-state index is -0.214. The molecule has 184 valence electrons. The van der Waals surface area contributed by atoms with Gasteiger partial charge in [-0.3, -0.25) is 9.59 Å². The van der Waals surface area contributed by atoms with Crippen LogP contribution in [0, 0.1) is 0 Å². The van der Waals surface area contributed by atoms with Gasteiger partial charge in [-0.1, -0.05) is 48.5 Å². The average molecular weight is 485 g/mol. The number of benzene rings is 3. The number of hydrogen-bond donors (Lipinski definition) is 0. The van der Waals surface area contributed by atoms with Crippen LogP contribution in [0.15, 0.2) is 66.7 Å². The number of methoxy groups -OCH3 is 1. The highest BCUT2D eigenvalue weighted by atomic mass is 16.7. The molecular formula is C29H28N2O5. The molecule has 0 aliphatic carbocycles. The van der Waals surface area contributed by atoms with E-state index < -0.39 is 0 Å². The first kappa shape index (κ1) is 22.5. The Morgan fingerprint density at radius 3 is 2.58 bits per heavy atom. The summed E-state index contributed by atoms with van der Waals surface area (Å²) in [5.74, 6) is 1.70. The maximum atomic E-state index is 13.8. The van der Waals surface area contributed by atoms with E-state index in [4.69, 9.17) is 14.2 Å². The Bertz CT molecular complexity index is 1320. The molecule has 0 unspecified atom stereocenters. The van der Waals surface area contributed by atoms with Crippen LogP contribution in [-0.4, -0.2) is 60.7 Å². The van der Waals surface area contributed by atoms with E-state index in [2.05, 4.69) is 12.1 Å². The highest BCUT2D eigenvalue weighted by Crippen LogP contribution is 2.47. The summed E-state index contributed by atoms with van der Waals surface area (Å²) in [5.41, 5.74) is 3.77. The van der Waals surface area contributed by atoms with Crippen LogP contribution in [0.3, 0.4) is 0 Å². The zero-order valence-electron chi connectivity index (χ0n) is 20.3. The van der Waals surface area contributed by atoms with Gasteiger partial charge in [0.05, 0.1) is 19.2 Å². The van der Waals surface area contributed by atoms with Gasteiger partial charge in [0.1, 0.15) is 0 Å². The molecule has 0 spiro atoms. The highest BCUT2D eigenvalue weighted by molar-refractivity contribution is 5.98. The summed E-state index contributed by atoms with van der Waals surface area (Å²) in [4.78, 5) is 30.5. The van der Waals surface area contributed by atoms with Crippen molar-refractivity contribution in [3.8, 4) is 17.2 Å². The zero-order chi connectivity index (χ0) is 24.8. The number of piperazine rings is 1. The summed E-state index contributed by atoms with van der Waals surface area (Å²) in [6.45, 7) is 2.69. The third kappa shape index (κ3) is 3.66. The van der Waals surface area contributed by atoms with Gasteiger partial charge in [-0.05, 0) is 41.3 Å². The zero-order valence-corrected chi connectivity index (χ0v) is 20.3.